The third-order valence-electron chi connectivity index (χ3n) is 9.83. The Labute approximate surface area is 301 Å². The number of fused-ring (bicyclic) bond motifs is 4. The number of rotatable bonds is 10. The molecular formula is C42H33F6N3O2. The summed E-state index contributed by atoms with van der Waals surface area (Å²) >= 11 is 0. The monoisotopic (exact) mass is 725 g/mol. The van der Waals surface area contributed by atoms with E-state index in [1.54, 1.807) is 42.5 Å². The van der Waals surface area contributed by atoms with Gasteiger partial charge < -0.3 is 15.2 Å². The molecule has 0 spiro atoms. The second-order valence-electron chi connectivity index (χ2n) is 13.1. The van der Waals surface area contributed by atoms with Gasteiger partial charge in [-0.3, -0.25) is 9.59 Å². The second kappa shape index (κ2) is 13.9. The van der Waals surface area contributed by atoms with Gasteiger partial charge in [-0.25, -0.2) is 0 Å². The third kappa shape index (κ3) is 7.03. The van der Waals surface area contributed by atoms with E-state index in [0.29, 0.717) is 59.3 Å². The smallest absolute Gasteiger partial charge is 0.347 e. The highest BCUT2D eigenvalue weighted by Gasteiger charge is 2.49. The van der Waals surface area contributed by atoms with Crippen LogP contribution in [-0.2, 0) is 22.9 Å². The average Bonchev–Trinajstić information content (AvgIpc) is 3.68. The molecule has 7 rings (SSSR count). The number of anilines is 1. The van der Waals surface area contributed by atoms with Crippen molar-refractivity contribution >= 4 is 28.4 Å². The summed E-state index contributed by atoms with van der Waals surface area (Å²) in [6.45, 7) is -0.833. The molecule has 0 saturated carbocycles. The first kappa shape index (κ1) is 35.6. The van der Waals surface area contributed by atoms with Crippen LogP contribution in [0.15, 0.2) is 128 Å². The van der Waals surface area contributed by atoms with Crippen LogP contribution in [0.3, 0.4) is 0 Å². The number of halogens is 6. The number of carbonyl (C=O) groups is 2. The summed E-state index contributed by atoms with van der Waals surface area (Å²) < 4.78 is 81.0. The van der Waals surface area contributed by atoms with E-state index in [1.807, 2.05) is 65.4 Å². The maximum absolute atomic E-state index is 13.8. The maximum Gasteiger partial charge on any atom is 0.416 e. The van der Waals surface area contributed by atoms with Crippen LogP contribution in [0.1, 0.15) is 46.3 Å². The molecule has 0 atom stereocenters. The Hall–Kier alpha value is -5.84. The molecular weight excluding hydrogens is 692 g/mol. The minimum absolute atomic E-state index is 0.308. The summed E-state index contributed by atoms with van der Waals surface area (Å²) in [4.78, 5) is 27.2. The molecule has 270 valence electrons. The summed E-state index contributed by atoms with van der Waals surface area (Å²) in [5, 5.41) is 5.94. The Kier molecular flexibility index (Phi) is 9.36. The van der Waals surface area contributed by atoms with E-state index in [4.69, 9.17) is 0 Å². The minimum Gasteiger partial charge on any atom is -0.347 e. The van der Waals surface area contributed by atoms with Gasteiger partial charge in [-0.05, 0) is 95.1 Å². The van der Waals surface area contributed by atoms with E-state index in [1.165, 1.54) is 12.1 Å². The van der Waals surface area contributed by atoms with Gasteiger partial charge in [0.15, 0.2) is 0 Å². The molecule has 6 aromatic rings. The first-order chi connectivity index (χ1) is 25.3. The van der Waals surface area contributed by atoms with E-state index < -0.39 is 41.7 Å². The second-order valence-corrected chi connectivity index (χ2v) is 13.1. The van der Waals surface area contributed by atoms with Crippen molar-refractivity contribution in [2.45, 2.75) is 43.6 Å². The molecule has 0 radical (unpaired) electrons. The molecule has 0 bridgehead atoms. The van der Waals surface area contributed by atoms with Gasteiger partial charge in [-0.15, -0.1) is 0 Å². The van der Waals surface area contributed by atoms with Crippen LogP contribution < -0.4 is 10.6 Å². The minimum atomic E-state index is -4.55. The lowest BCUT2D eigenvalue weighted by molar-refractivity contribution is -0.141. The molecule has 0 unspecified atom stereocenters. The van der Waals surface area contributed by atoms with E-state index in [-0.39, 0.29) is 0 Å². The number of aromatic nitrogens is 1. The summed E-state index contributed by atoms with van der Waals surface area (Å²) in [7, 11) is 0. The summed E-state index contributed by atoms with van der Waals surface area (Å²) in [6, 6.07) is 33.5. The van der Waals surface area contributed by atoms with Crippen LogP contribution in [0.5, 0.6) is 0 Å². The molecule has 0 fully saturated rings. The number of amides is 2. The van der Waals surface area contributed by atoms with Gasteiger partial charge in [0.05, 0.1) is 5.56 Å². The van der Waals surface area contributed by atoms with Crippen LogP contribution >= 0.6 is 0 Å². The number of benzene rings is 5. The van der Waals surface area contributed by atoms with Crippen molar-refractivity contribution in [2.75, 3.05) is 11.9 Å². The van der Waals surface area contributed by atoms with Crippen LogP contribution in [0.4, 0.5) is 32.0 Å². The molecule has 53 heavy (non-hydrogen) atoms. The zero-order valence-electron chi connectivity index (χ0n) is 28.2. The first-order valence-electron chi connectivity index (χ1n) is 17.1. The third-order valence-corrected chi connectivity index (χ3v) is 9.83. The van der Waals surface area contributed by atoms with E-state index >= 15 is 0 Å². The molecule has 5 aromatic carbocycles. The van der Waals surface area contributed by atoms with Crippen molar-refractivity contribution in [3.63, 3.8) is 0 Å². The molecule has 1 aliphatic rings. The fourth-order valence-electron chi connectivity index (χ4n) is 7.40. The normalized spacial score (nSPS) is 13.4. The Balaban J connectivity index is 1.05. The number of nitrogens with zero attached hydrogens (tertiary/aromatic N) is 1. The molecule has 11 heteroatoms. The molecule has 0 saturated heterocycles. The Bertz CT molecular complexity index is 2260. The molecule has 0 aliphatic heterocycles. The first-order valence-corrected chi connectivity index (χ1v) is 17.1. The van der Waals surface area contributed by atoms with Crippen molar-refractivity contribution in [3.8, 4) is 22.3 Å². The van der Waals surface area contributed by atoms with Gasteiger partial charge in [-0.1, -0.05) is 78.9 Å². The highest BCUT2D eigenvalue weighted by Crippen LogP contribution is 2.51. The van der Waals surface area contributed by atoms with Crippen molar-refractivity contribution in [3.05, 3.63) is 150 Å². The Morgan fingerprint density at radius 1 is 0.679 bits per heavy atom. The summed E-state index contributed by atoms with van der Waals surface area (Å²) in [5.74, 6) is -1.09. The van der Waals surface area contributed by atoms with Crippen molar-refractivity contribution in [1.29, 1.82) is 0 Å². The predicted octanol–water partition coefficient (Wildman–Crippen LogP) is 10.4. The lowest BCUT2D eigenvalue weighted by Crippen LogP contribution is -2.47. The Morgan fingerprint density at radius 3 is 1.94 bits per heavy atom. The number of hydrogen-bond donors (Lipinski definition) is 2. The topological polar surface area (TPSA) is 63.1 Å². The zero-order chi connectivity index (χ0) is 37.4. The zero-order valence-corrected chi connectivity index (χ0v) is 28.2. The molecule has 1 aromatic heterocycles. The Morgan fingerprint density at radius 2 is 1.30 bits per heavy atom. The van der Waals surface area contributed by atoms with E-state index in [2.05, 4.69) is 10.6 Å². The van der Waals surface area contributed by atoms with E-state index in [0.717, 1.165) is 34.2 Å². The van der Waals surface area contributed by atoms with Gasteiger partial charge in [0.2, 0.25) is 5.91 Å². The molecule has 2 N–H and O–H groups in total. The van der Waals surface area contributed by atoms with Crippen LogP contribution in [0.2, 0.25) is 0 Å². The highest BCUT2D eigenvalue weighted by atomic mass is 19.4. The van der Waals surface area contributed by atoms with Gasteiger partial charge in [0, 0.05) is 34.9 Å². The standard InChI is InChI=1S/C42H33F6N3O2/c43-41(44,45)26-49-39(53)40(35-13-5-3-10-32(35)33-11-4-6-14-36(33)40)22-7-8-23-51-24-21-28-25-30(19-20-37(28)51)50-38(52)34-12-2-1-9-31(34)27-15-17-29(18-16-27)42(46,47)48/h1-6,9-21,24-25H,7-8,22-23,26H2,(H,49,53)(H,50,52). The largest absolute Gasteiger partial charge is 0.416 e. The number of alkyl halides is 6. The number of carbonyl (C=O) groups excluding carboxylic acids is 2. The summed E-state index contributed by atoms with van der Waals surface area (Å²) in [5.41, 5.74) is 3.76. The van der Waals surface area contributed by atoms with Gasteiger partial charge >= 0.3 is 12.4 Å². The number of unbranched alkanes of at least 4 members (excludes halogenated alkanes) is 1. The SMILES string of the molecule is O=C(Nc1ccc2c(ccn2CCCCC2(C(=O)NCC(F)(F)F)c3ccccc3-c3ccccc32)c1)c1ccccc1-c1ccc(C(F)(F)F)cc1. The van der Waals surface area contributed by atoms with Crippen LogP contribution in [0.25, 0.3) is 33.2 Å². The van der Waals surface area contributed by atoms with Gasteiger partial charge in [-0.2, -0.15) is 26.3 Å². The lowest BCUT2D eigenvalue weighted by atomic mass is 9.73. The van der Waals surface area contributed by atoms with Crippen LogP contribution in [-0.4, -0.2) is 29.1 Å². The van der Waals surface area contributed by atoms with Crippen molar-refractivity contribution < 1.29 is 35.9 Å². The van der Waals surface area contributed by atoms with E-state index in [9.17, 15) is 35.9 Å². The maximum atomic E-state index is 13.8. The lowest BCUT2D eigenvalue weighted by Gasteiger charge is -2.31. The highest BCUT2D eigenvalue weighted by molar-refractivity contribution is 6.09. The predicted molar refractivity (Wildman–Crippen MR) is 192 cm³/mol. The average molecular weight is 726 g/mol. The summed E-state index contributed by atoms with van der Waals surface area (Å²) in [6.07, 6.45) is -5.59. The molecule has 5 nitrogen and oxygen atoms in total. The molecule has 1 heterocycles. The fourth-order valence-corrected chi connectivity index (χ4v) is 7.40. The van der Waals surface area contributed by atoms with Crippen LogP contribution in [0, 0.1) is 0 Å². The fraction of sp³-hybridized carbons (Fsp3) is 0.190. The van der Waals surface area contributed by atoms with Crippen molar-refractivity contribution in [2.24, 2.45) is 0 Å². The molecule has 2 amide bonds. The van der Waals surface area contributed by atoms with Gasteiger partial charge in [0.1, 0.15) is 12.0 Å². The van der Waals surface area contributed by atoms with Crippen molar-refractivity contribution in [1.82, 2.24) is 9.88 Å². The molecule has 1 aliphatic carbocycles. The quantitative estimate of drug-likeness (QED) is 0.109. The van der Waals surface area contributed by atoms with Gasteiger partial charge in [0.25, 0.3) is 5.91 Å². The number of nitrogens with one attached hydrogen (secondary N) is 2. The number of aryl methyl sites for hydroxylation is 1. The number of hydrogen-bond acceptors (Lipinski definition) is 2.